The summed E-state index contributed by atoms with van der Waals surface area (Å²) < 4.78 is 9.85. The number of hydrogen-bond donors (Lipinski definition) is 1. The van der Waals surface area contributed by atoms with E-state index in [1.54, 1.807) is 7.11 Å². The molecule has 2 N–H and O–H groups in total. The van der Waals surface area contributed by atoms with Crippen LogP contribution in [0.15, 0.2) is 35.2 Å². The molecule has 0 bridgehead atoms. The van der Waals surface area contributed by atoms with Gasteiger partial charge < -0.3 is 15.0 Å². The minimum Gasteiger partial charge on any atom is -0.496 e. The minimum atomic E-state index is -0.431. The average molecular weight is 205 g/mol. The molecule has 1 atom stereocenters. The normalized spacial score (nSPS) is 12.4. The smallest absolute Gasteiger partial charge is 0.213 e. The molecule has 0 spiro atoms. The average Bonchev–Trinajstić information content (AvgIpc) is 2.81. The van der Waals surface area contributed by atoms with Crippen molar-refractivity contribution >= 4 is 0 Å². The standard InChI is InChI=1S/C10H11N3O2/c1-14-8-5-3-2-4-7(8)9(11)10-12-6-15-13-10/h2-6,9H,11H2,1H3. The lowest BCUT2D eigenvalue weighted by Gasteiger charge is -2.11. The Kier molecular flexibility index (Phi) is 2.64. The number of ether oxygens (including phenoxy) is 1. The van der Waals surface area contributed by atoms with Gasteiger partial charge in [0.15, 0.2) is 5.82 Å². The van der Waals surface area contributed by atoms with Crippen molar-refractivity contribution < 1.29 is 9.26 Å². The maximum atomic E-state index is 5.97. The first-order valence-corrected chi connectivity index (χ1v) is 4.47. The fourth-order valence-corrected chi connectivity index (χ4v) is 1.38. The van der Waals surface area contributed by atoms with Crippen molar-refractivity contribution in [3.63, 3.8) is 0 Å². The molecule has 0 amide bonds. The number of nitrogens with two attached hydrogens (primary N) is 1. The van der Waals surface area contributed by atoms with Crippen LogP contribution in [0.1, 0.15) is 17.4 Å². The Morgan fingerprint density at radius 3 is 2.87 bits per heavy atom. The van der Waals surface area contributed by atoms with Crippen LogP contribution in [0.3, 0.4) is 0 Å². The van der Waals surface area contributed by atoms with Gasteiger partial charge in [-0.25, -0.2) is 0 Å². The Morgan fingerprint density at radius 2 is 2.20 bits per heavy atom. The number of methoxy groups -OCH3 is 1. The molecule has 0 aliphatic heterocycles. The Morgan fingerprint density at radius 1 is 1.40 bits per heavy atom. The highest BCUT2D eigenvalue weighted by Crippen LogP contribution is 2.25. The molecule has 0 saturated carbocycles. The van der Waals surface area contributed by atoms with Gasteiger partial charge in [0.05, 0.1) is 13.2 Å². The summed E-state index contributed by atoms with van der Waals surface area (Å²) in [6.07, 6.45) is 1.25. The zero-order valence-corrected chi connectivity index (χ0v) is 8.25. The quantitative estimate of drug-likeness (QED) is 0.812. The van der Waals surface area contributed by atoms with Crippen LogP contribution in [0, 0.1) is 0 Å². The molecular weight excluding hydrogens is 194 g/mol. The molecule has 0 saturated heterocycles. The molecule has 5 nitrogen and oxygen atoms in total. The molecule has 2 rings (SSSR count). The van der Waals surface area contributed by atoms with Gasteiger partial charge in [0.1, 0.15) is 5.75 Å². The van der Waals surface area contributed by atoms with Crippen molar-refractivity contribution in [2.24, 2.45) is 5.73 Å². The predicted octanol–water partition coefficient (Wildman–Crippen LogP) is 1.13. The van der Waals surface area contributed by atoms with Crippen molar-refractivity contribution in [3.05, 3.63) is 42.0 Å². The highest BCUT2D eigenvalue weighted by atomic mass is 16.5. The third-order valence-corrected chi connectivity index (χ3v) is 2.13. The minimum absolute atomic E-state index is 0.431. The zero-order chi connectivity index (χ0) is 10.7. The van der Waals surface area contributed by atoms with Crippen LogP contribution in [0.2, 0.25) is 0 Å². The van der Waals surface area contributed by atoms with E-state index in [0.717, 1.165) is 11.3 Å². The maximum absolute atomic E-state index is 5.97. The number of para-hydroxylation sites is 1. The lowest BCUT2D eigenvalue weighted by atomic mass is 10.1. The third-order valence-electron chi connectivity index (χ3n) is 2.13. The number of aromatic nitrogens is 2. The summed E-state index contributed by atoms with van der Waals surface area (Å²) in [5.74, 6) is 1.16. The van der Waals surface area contributed by atoms with Crippen LogP contribution < -0.4 is 10.5 Å². The number of nitrogens with zero attached hydrogens (tertiary/aromatic N) is 2. The summed E-state index contributed by atoms with van der Waals surface area (Å²) in [6.45, 7) is 0. The summed E-state index contributed by atoms with van der Waals surface area (Å²) in [7, 11) is 1.60. The van der Waals surface area contributed by atoms with Crippen LogP contribution in [-0.4, -0.2) is 17.3 Å². The van der Waals surface area contributed by atoms with Gasteiger partial charge in [0, 0.05) is 5.56 Å². The Hall–Kier alpha value is -1.88. The topological polar surface area (TPSA) is 74.2 Å². The maximum Gasteiger partial charge on any atom is 0.213 e. The number of hydrogen-bond acceptors (Lipinski definition) is 5. The highest BCUT2D eigenvalue weighted by Gasteiger charge is 2.16. The summed E-state index contributed by atoms with van der Waals surface area (Å²) in [6, 6.07) is 7.05. The van der Waals surface area contributed by atoms with E-state index in [1.165, 1.54) is 6.39 Å². The fourth-order valence-electron chi connectivity index (χ4n) is 1.38. The van der Waals surface area contributed by atoms with Crippen LogP contribution in [0.4, 0.5) is 0 Å². The van der Waals surface area contributed by atoms with E-state index < -0.39 is 6.04 Å². The van der Waals surface area contributed by atoms with E-state index in [1.807, 2.05) is 24.3 Å². The molecule has 0 aliphatic rings. The summed E-state index contributed by atoms with van der Waals surface area (Å²) in [5.41, 5.74) is 6.81. The molecule has 1 unspecified atom stereocenters. The van der Waals surface area contributed by atoms with Gasteiger partial charge in [-0.15, -0.1) is 0 Å². The largest absolute Gasteiger partial charge is 0.496 e. The van der Waals surface area contributed by atoms with Gasteiger partial charge >= 0.3 is 0 Å². The lowest BCUT2D eigenvalue weighted by molar-refractivity contribution is 0.398. The summed E-state index contributed by atoms with van der Waals surface area (Å²) >= 11 is 0. The van der Waals surface area contributed by atoms with Gasteiger partial charge in [-0.3, -0.25) is 0 Å². The van der Waals surface area contributed by atoms with Crippen molar-refractivity contribution in [2.75, 3.05) is 7.11 Å². The van der Waals surface area contributed by atoms with Crippen LogP contribution in [0.25, 0.3) is 0 Å². The Labute approximate surface area is 86.9 Å². The van der Waals surface area contributed by atoms with Gasteiger partial charge in [-0.1, -0.05) is 23.4 Å². The number of rotatable bonds is 3. The first-order valence-electron chi connectivity index (χ1n) is 4.47. The molecular formula is C10H11N3O2. The van der Waals surface area contributed by atoms with Gasteiger partial charge in [-0.05, 0) is 6.07 Å². The molecule has 0 radical (unpaired) electrons. The lowest BCUT2D eigenvalue weighted by Crippen LogP contribution is -2.14. The molecule has 5 heteroatoms. The second kappa shape index (κ2) is 4.10. The summed E-state index contributed by atoms with van der Waals surface area (Å²) in [5, 5.41) is 3.70. The van der Waals surface area contributed by atoms with E-state index in [4.69, 9.17) is 10.5 Å². The van der Waals surface area contributed by atoms with Crippen LogP contribution in [-0.2, 0) is 0 Å². The second-order valence-electron chi connectivity index (χ2n) is 3.01. The molecule has 15 heavy (non-hydrogen) atoms. The molecule has 2 aromatic rings. The highest BCUT2D eigenvalue weighted by molar-refractivity contribution is 5.38. The SMILES string of the molecule is COc1ccccc1C(N)c1ncon1. The van der Waals surface area contributed by atoms with E-state index in [0.29, 0.717) is 5.82 Å². The van der Waals surface area contributed by atoms with Crippen molar-refractivity contribution in [3.8, 4) is 5.75 Å². The van der Waals surface area contributed by atoms with Gasteiger partial charge in [0.2, 0.25) is 6.39 Å². The van der Waals surface area contributed by atoms with E-state index >= 15 is 0 Å². The van der Waals surface area contributed by atoms with Crippen LogP contribution >= 0.6 is 0 Å². The van der Waals surface area contributed by atoms with E-state index in [-0.39, 0.29) is 0 Å². The second-order valence-corrected chi connectivity index (χ2v) is 3.01. The Bertz CT molecular complexity index is 428. The fraction of sp³-hybridized carbons (Fsp3) is 0.200. The van der Waals surface area contributed by atoms with Gasteiger partial charge in [-0.2, -0.15) is 4.98 Å². The molecule has 78 valence electrons. The van der Waals surface area contributed by atoms with E-state index in [2.05, 4.69) is 14.7 Å². The molecule has 1 aromatic heterocycles. The zero-order valence-electron chi connectivity index (χ0n) is 8.25. The monoisotopic (exact) mass is 205 g/mol. The first kappa shape index (κ1) is 9.67. The van der Waals surface area contributed by atoms with Gasteiger partial charge in [0.25, 0.3) is 0 Å². The summed E-state index contributed by atoms with van der Waals surface area (Å²) in [4.78, 5) is 3.91. The number of benzene rings is 1. The van der Waals surface area contributed by atoms with Crippen molar-refractivity contribution in [1.82, 2.24) is 10.1 Å². The molecule has 0 fully saturated rings. The third kappa shape index (κ3) is 1.82. The van der Waals surface area contributed by atoms with Crippen molar-refractivity contribution in [1.29, 1.82) is 0 Å². The van der Waals surface area contributed by atoms with E-state index in [9.17, 15) is 0 Å². The first-order chi connectivity index (χ1) is 7.33. The molecule has 1 aromatic carbocycles. The molecule has 0 aliphatic carbocycles. The van der Waals surface area contributed by atoms with Crippen LogP contribution in [0.5, 0.6) is 5.75 Å². The predicted molar refractivity (Wildman–Crippen MR) is 53.3 cm³/mol. The van der Waals surface area contributed by atoms with Crippen molar-refractivity contribution in [2.45, 2.75) is 6.04 Å². The molecule has 1 heterocycles. The Balaban J connectivity index is 2.37.